The predicted octanol–water partition coefficient (Wildman–Crippen LogP) is 3.57. The summed E-state index contributed by atoms with van der Waals surface area (Å²) in [6.07, 6.45) is 8.24. The maximum Gasteiger partial charge on any atom is 0.353 e. The molecule has 5 rings (SSSR count). The number of aromatic nitrogens is 2. The largest absolute Gasteiger partial charge is 0.454 e. The molecule has 0 radical (unpaired) electrons. The van der Waals surface area contributed by atoms with E-state index in [0.717, 1.165) is 62.4 Å². The van der Waals surface area contributed by atoms with Crippen molar-refractivity contribution in [1.82, 2.24) is 14.9 Å². The Morgan fingerprint density at radius 2 is 1.79 bits per heavy atom. The van der Waals surface area contributed by atoms with Crippen molar-refractivity contribution >= 4 is 17.3 Å². The van der Waals surface area contributed by atoms with Crippen LogP contribution in [-0.4, -0.2) is 58.8 Å². The topological polar surface area (TPSA) is 106 Å². The second-order valence-corrected chi connectivity index (χ2v) is 8.94. The number of benzene rings is 1. The van der Waals surface area contributed by atoms with E-state index in [9.17, 15) is 10.1 Å². The number of nitrogens with one attached hydrogen (secondary N) is 1. The van der Waals surface area contributed by atoms with Crippen molar-refractivity contribution in [2.24, 2.45) is 0 Å². The summed E-state index contributed by atoms with van der Waals surface area (Å²) < 4.78 is 10.9. The molecule has 1 aromatic heterocycles. The number of hydrogen-bond donors (Lipinski definition) is 1. The lowest BCUT2D eigenvalue weighted by atomic mass is 10.1. The summed E-state index contributed by atoms with van der Waals surface area (Å²) in [7, 11) is 0. The molecule has 0 atom stereocenters. The van der Waals surface area contributed by atoms with Crippen molar-refractivity contribution < 1.29 is 14.4 Å². The van der Waals surface area contributed by atoms with Gasteiger partial charge in [0.15, 0.2) is 11.5 Å². The van der Waals surface area contributed by atoms with Crippen LogP contribution >= 0.6 is 0 Å². The molecule has 0 amide bonds. The molecule has 2 fully saturated rings. The lowest BCUT2D eigenvalue weighted by molar-refractivity contribution is -0.383. The van der Waals surface area contributed by atoms with E-state index in [2.05, 4.69) is 26.3 Å². The van der Waals surface area contributed by atoms with E-state index in [1.54, 1.807) is 0 Å². The van der Waals surface area contributed by atoms with Gasteiger partial charge in [-0.25, -0.2) is 9.97 Å². The molecule has 2 aliphatic heterocycles. The second-order valence-electron chi connectivity index (χ2n) is 8.94. The summed E-state index contributed by atoms with van der Waals surface area (Å²) in [4.78, 5) is 24.6. The monoisotopic (exact) mass is 454 g/mol. The maximum absolute atomic E-state index is 12.0. The van der Waals surface area contributed by atoms with Crippen molar-refractivity contribution in [3.63, 3.8) is 0 Å². The fraction of sp³-hybridized carbons (Fsp3) is 0.565. The summed E-state index contributed by atoms with van der Waals surface area (Å²) >= 11 is 0. The fourth-order valence-electron chi connectivity index (χ4n) is 4.91. The van der Waals surface area contributed by atoms with Crippen molar-refractivity contribution in [3.05, 3.63) is 40.2 Å². The number of anilines is 2. The fourth-order valence-corrected chi connectivity index (χ4v) is 4.91. The van der Waals surface area contributed by atoms with Crippen molar-refractivity contribution in [1.29, 1.82) is 0 Å². The Hall–Kier alpha value is -3.14. The minimum atomic E-state index is -0.340. The normalized spacial score (nSPS) is 19.3. The Morgan fingerprint density at radius 3 is 2.55 bits per heavy atom. The molecule has 1 N–H and O–H groups in total. The highest BCUT2D eigenvalue weighted by Crippen LogP contribution is 2.35. The first kappa shape index (κ1) is 21.7. The SMILES string of the molecule is O=[N+]([O-])c1c(NC2CCCCCC2)ncnc1N1CCN(Cc2ccc3c(c2)OCO3)CC1. The molecule has 33 heavy (non-hydrogen) atoms. The Labute approximate surface area is 193 Å². The quantitative estimate of drug-likeness (QED) is 0.398. The van der Waals surface area contributed by atoms with E-state index in [-0.39, 0.29) is 23.4 Å². The molecule has 0 spiro atoms. The van der Waals surface area contributed by atoms with Gasteiger partial charge in [0.2, 0.25) is 18.4 Å². The van der Waals surface area contributed by atoms with Crippen LogP contribution in [0.5, 0.6) is 11.5 Å². The van der Waals surface area contributed by atoms with E-state index in [1.807, 2.05) is 17.0 Å². The average Bonchev–Trinajstić information content (AvgIpc) is 3.14. The Kier molecular flexibility index (Phi) is 6.43. The van der Waals surface area contributed by atoms with E-state index < -0.39 is 0 Å². The van der Waals surface area contributed by atoms with Crippen LogP contribution in [0.25, 0.3) is 0 Å². The molecule has 1 aliphatic carbocycles. The highest BCUT2D eigenvalue weighted by atomic mass is 16.7. The van der Waals surface area contributed by atoms with Crippen LogP contribution in [0.2, 0.25) is 0 Å². The third-order valence-corrected chi connectivity index (χ3v) is 6.70. The van der Waals surface area contributed by atoms with Gasteiger partial charge in [0.05, 0.1) is 4.92 Å². The van der Waals surface area contributed by atoms with Crippen LogP contribution < -0.4 is 19.7 Å². The Bertz CT molecular complexity index is 987. The van der Waals surface area contributed by atoms with Gasteiger partial charge in [-0.05, 0) is 30.5 Å². The number of ether oxygens (including phenoxy) is 2. The predicted molar refractivity (Wildman–Crippen MR) is 124 cm³/mol. The first-order valence-electron chi connectivity index (χ1n) is 11.8. The van der Waals surface area contributed by atoms with E-state index in [1.165, 1.54) is 19.2 Å². The highest BCUT2D eigenvalue weighted by molar-refractivity contribution is 5.70. The van der Waals surface area contributed by atoms with E-state index in [4.69, 9.17) is 9.47 Å². The summed E-state index contributed by atoms with van der Waals surface area (Å²) in [5.74, 6) is 2.33. The number of nitrogens with zero attached hydrogens (tertiary/aromatic N) is 5. The number of fused-ring (bicyclic) bond motifs is 1. The molecule has 3 heterocycles. The van der Waals surface area contributed by atoms with Crippen molar-refractivity contribution in [3.8, 4) is 11.5 Å². The molecular formula is C23H30N6O4. The van der Waals surface area contributed by atoms with Crippen molar-refractivity contribution in [2.75, 3.05) is 43.2 Å². The molecule has 1 saturated carbocycles. The third kappa shape index (κ3) is 4.95. The van der Waals surface area contributed by atoms with Crippen LogP contribution in [-0.2, 0) is 6.54 Å². The van der Waals surface area contributed by atoms with Gasteiger partial charge in [-0.15, -0.1) is 0 Å². The van der Waals surface area contributed by atoms with Crippen LogP contribution in [0.15, 0.2) is 24.5 Å². The molecule has 2 aromatic rings. The minimum absolute atomic E-state index is 0.00836. The average molecular weight is 455 g/mol. The van der Waals surface area contributed by atoms with E-state index in [0.29, 0.717) is 24.7 Å². The van der Waals surface area contributed by atoms with Gasteiger partial charge in [0.1, 0.15) is 6.33 Å². The van der Waals surface area contributed by atoms with Gasteiger partial charge < -0.3 is 19.7 Å². The summed E-state index contributed by atoms with van der Waals surface area (Å²) in [5.41, 5.74) is 1.15. The Morgan fingerprint density at radius 1 is 1.03 bits per heavy atom. The lowest BCUT2D eigenvalue weighted by Gasteiger charge is -2.35. The zero-order valence-electron chi connectivity index (χ0n) is 18.7. The zero-order chi connectivity index (χ0) is 22.6. The molecule has 10 nitrogen and oxygen atoms in total. The minimum Gasteiger partial charge on any atom is -0.454 e. The molecule has 1 aromatic carbocycles. The van der Waals surface area contributed by atoms with Gasteiger partial charge in [0, 0.05) is 38.8 Å². The maximum atomic E-state index is 12.0. The Balaban J connectivity index is 1.25. The third-order valence-electron chi connectivity index (χ3n) is 6.70. The van der Waals surface area contributed by atoms with Gasteiger partial charge in [-0.2, -0.15) is 0 Å². The molecule has 0 bridgehead atoms. The van der Waals surface area contributed by atoms with Gasteiger partial charge in [0.25, 0.3) is 0 Å². The molecular weight excluding hydrogens is 424 g/mol. The van der Waals surface area contributed by atoms with Gasteiger partial charge in [-0.1, -0.05) is 31.7 Å². The number of rotatable bonds is 6. The standard InChI is InChI=1S/C23H30N6O4/c30-29(31)21-22(26-18-5-3-1-2-4-6-18)24-15-25-23(21)28-11-9-27(10-12-28)14-17-7-8-19-20(13-17)33-16-32-19/h7-8,13,15,18H,1-6,9-12,14,16H2,(H,24,25,26). The van der Waals surface area contributed by atoms with Crippen LogP contribution in [0.1, 0.15) is 44.1 Å². The first-order valence-corrected chi connectivity index (χ1v) is 11.8. The van der Waals surface area contributed by atoms with Crippen LogP contribution in [0, 0.1) is 10.1 Å². The van der Waals surface area contributed by atoms with Crippen molar-refractivity contribution in [2.45, 2.75) is 51.1 Å². The molecule has 176 valence electrons. The molecule has 3 aliphatic rings. The summed E-state index contributed by atoms with van der Waals surface area (Å²) in [6.45, 7) is 4.00. The first-order chi connectivity index (χ1) is 16.2. The molecule has 1 saturated heterocycles. The number of nitro groups is 1. The zero-order valence-corrected chi connectivity index (χ0v) is 18.7. The lowest BCUT2D eigenvalue weighted by Crippen LogP contribution is -2.46. The highest BCUT2D eigenvalue weighted by Gasteiger charge is 2.30. The van der Waals surface area contributed by atoms with Crippen LogP contribution in [0.3, 0.4) is 0 Å². The summed E-state index contributed by atoms with van der Waals surface area (Å²) in [6, 6.07) is 6.25. The smallest absolute Gasteiger partial charge is 0.353 e. The number of piperazine rings is 1. The van der Waals surface area contributed by atoms with Crippen LogP contribution in [0.4, 0.5) is 17.3 Å². The molecule has 10 heteroatoms. The number of hydrogen-bond acceptors (Lipinski definition) is 9. The van der Waals surface area contributed by atoms with Gasteiger partial charge in [-0.3, -0.25) is 15.0 Å². The van der Waals surface area contributed by atoms with Gasteiger partial charge >= 0.3 is 5.69 Å². The van der Waals surface area contributed by atoms with E-state index >= 15 is 0 Å². The summed E-state index contributed by atoms with van der Waals surface area (Å²) in [5, 5.41) is 15.4. The molecule has 0 unspecified atom stereocenters. The second kappa shape index (κ2) is 9.78.